The van der Waals surface area contributed by atoms with Crippen molar-refractivity contribution < 1.29 is 23.8 Å². The minimum Gasteiger partial charge on any atom is -0.497 e. The number of hydrogen-bond acceptors (Lipinski definition) is 7. The third-order valence-electron chi connectivity index (χ3n) is 7.65. The van der Waals surface area contributed by atoms with Crippen molar-refractivity contribution in [2.24, 2.45) is 5.10 Å². The molecule has 1 atom stereocenters. The monoisotopic (exact) mass is 624 g/mol. The van der Waals surface area contributed by atoms with E-state index in [1.165, 1.54) is 5.01 Å². The fourth-order valence-electron chi connectivity index (χ4n) is 5.32. The Kier molecular flexibility index (Phi) is 10.2. The van der Waals surface area contributed by atoms with Crippen molar-refractivity contribution in [2.45, 2.75) is 12.5 Å². The van der Waals surface area contributed by atoms with E-state index in [0.29, 0.717) is 65.5 Å². The SMILES string of the molecule is COc1ccc(OC)c([C@@H]2CC(c3ccccc3Cl)=NN2C(=O)CN(CCN2CCOCC2)C(=O)c2ccccc2Cl)c1. The van der Waals surface area contributed by atoms with Gasteiger partial charge in [0.25, 0.3) is 11.8 Å². The van der Waals surface area contributed by atoms with Crippen LogP contribution in [0.15, 0.2) is 71.8 Å². The van der Waals surface area contributed by atoms with Crippen molar-refractivity contribution in [1.29, 1.82) is 0 Å². The van der Waals surface area contributed by atoms with Gasteiger partial charge in [0.05, 0.1) is 49.8 Å². The maximum atomic E-state index is 14.2. The highest BCUT2D eigenvalue weighted by Crippen LogP contribution is 2.40. The quantitative estimate of drug-likeness (QED) is 0.310. The number of carbonyl (C=O) groups excluding carboxylic acids is 2. The summed E-state index contributed by atoms with van der Waals surface area (Å²) in [6.07, 6.45) is 0.394. The molecule has 3 aromatic carbocycles. The minimum absolute atomic E-state index is 0.198. The molecule has 11 heteroatoms. The minimum atomic E-state index is -0.514. The number of rotatable bonds is 10. The molecule has 1 fully saturated rings. The number of morpholine rings is 1. The summed E-state index contributed by atoms with van der Waals surface area (Å²) in [5.41, 5.74) is 2.47. The van der Waals surface area contributed by atoms with Gasteiger partial charge in [0, 0.05) is 48.7 Å². The first-order valence-corrected chi connectivity index (χ1v) is 14.9. The number of halogens is 2. The Morgan fingerprint density at radius 1 is 0.977 bits per heavy atom. The fraction of sp³-hybridized carbons (Fsp3) is 0.344. The summed E-state index contributed by atoms with van der Waals surface area (Å²) in [6.45, 7) is 3.51. The highest BCUT2D eigenvalue weighted by Gasteiger charge is 2.37. The van der Waals surface area contributed by atoms with E-state index in [-0.39, 0.29) is 18.4 Å². The zero-order valence-corrected chi connectivity index (χ0v) is 25.7. The highest BCUT2D eigenvalue weighted by atomic mass is 35.5. The van der Waals surface area contributed by atoms with Crippen molar-refractivity contribution in [3.63, 3.8) is 0 Å². The van der Waals surface area contributed by atoms with Gasteiger partial charge in [-0.3, -0.25) is 14.5 Å². The lowest BCUT2D eigenvalue weighted by molar-refractivity contribution is -0.133. The van der Waals surface area contributed by atoms with Crippen LogP contribution in [0.1, 0.15) is 33.9 Å². The van der Waals surface area contributed by atoms with E-state index in [9.17, 15) is 9.59 Å². The molecule has 0 spiro atoms. The molecule has 0 aliphatic carbocycles. The van der Waals surface area contributed by atoms with Crippen LogP contribution in [0.3, 0.4) is 0 Å². The molecule has 226 valence electrons. The zero-order chi connectivity index (χ0) is 30.3. The average molecular weight is 626 g/mol. The summed E-state index contributed by atoms with van der Waals surface area (Å²) in [5, 5.41) is 7.10. The summed E-state index contributed by atoms with van der Waals surface area (Å²) in [7, 11) is 3.17. The predicted molar refractivity (Wildman–Crippen MR) is 166 cm³/mol. The van der Waals surface area contributed by atoms with Gasteiger partial charge in [-0.25, -0.2) is 5.01 Å². The molecule has 2 heterocycles. The van der Waals surface area contributed by atoms with Gasteiger partial charge in [0.2, 0.25) is 0 Å². The van der Waals surface area contributed by atoms with Gasteiger partial charge in [0.15, 0.2) is 0 Å². The smallest absolute Gasteiger partial charge is 0.262 e. The number of benzene rings is 3. The molecule has 2 aliphatic rings. The molecule has 5 rings (SSSR count). The topological polar surface area (TPSA) is 83.9 Å². The Hall–Kier alpha value is -3.63. The van der Waals surface area contributed by atoms with Gasteiger partial charge < -0.3 is 19.1 Å². The van der Waals surface area contributed by atoms with Gasteiger partial charge in [0.1, 0.15) is 18.0 Å². The number of hydrogen-bond donors (Lipinski definition) is 0. The largest absolute Gasteiger partial charge is 0.497 e. The lowest BCUT2D eigenvalue weighted by atomic mass is 9.97. The second kappa shape index (κ2) is 14.2. The van der Waals surface area contributed by atoms with E-state index in [0.717, 1.165) is 24.2 Å². The molecule has 2 aliphatic heterocycles. The molecule has 1 saturated heterocycles. The Balaban J connectivity index is 1.48. The Labute approximate surface area is 261 Å². The Morgan fingerprint density at radius 3 is 2.40 bits per heavy atom. The molecule has 3 aromatic rings. The maximum Gasteiger partial charge on any atom is 0.262 e. The van der Waals surface area contributed by atoms with E-state index < -0.39 is 6.04 Å². The van der Waals surface area contributed by atoms with Gasteiger partial charge in [-0.05, 0) is 36.4 Å². The third-order valence-corrected chi connectivity index (χ3v) is 8.31. The number of nitrogens with zero attached hydrogens (tertiary/aromatic N) is 4. The summed E-state index contributed by atoms with van der Waals surface area (Å²) in [6, 6.07) is 19.2. The summed E-state index contributed by atoms with van der Waals surface area (Å²) < 4.78 is 16.6. The summed E-state index contributed by atoms with van der Waals surface area (Å²) in [4.78, 5) is 31.7. The van der Waals surface area contributed by atoms with Gasteiger partial charge in [-0.15, -0.1) is 0 Å². The highest BCUT2D eigenvalue weighted by molar-refractivity contribution is 6.34. The molecular formula is C32H34Cl2N4O5. The van der Waals surface area contributed by atoms with Crippen LogP contribution in [0, 0.1) is 0 Å². The van der Waals surface area contributed by atoms with E-state index in [1.54, 1.807) is 61.6 Å². The zero-order valence-electron chi connectivity index (χ0n) is 24.2. The van der Waals surface area contributed by atoms with Crippen LogP contribution in [-0.2, 0) is 9.53 Å². The van der Waals surface area contributed by atoms with Gasteiger partial charge in [-0.2, -0.15) is 5.10 Å². The predicted octanol–water partition coefficient (Wildman–Crippen LogP) is 5.16. The van der Waals surface area contributed by atoms with Gasteiger partial charge in [-0.1, -0.05) is 53.5 Å². The maximum absolute atomic E-state index is 14.2. The van der Waals surface area contributed by atoms with Crippen LogP contribution < -0.4 is 9.47 Å². The van der Waals surface area contributed by atoms with Crippen molar-refractivity contribution in [1.82, 2.24) is 14.8 Å². The Bertz CT molecular complexity index is 1490. The second-order valence-corrected chi connectivity index (χ2v) is 11.1. The van der Waals surface area contributed by atoms with E-state index >= 15 is 0 Å². The number of hydrazone groups is 1. The molecule has 0 bridgehead atoms. The molecule has 0 aromatic heterocycles. The van der Waals surface area contributed by atoms with E-state index in [1.807, 2.05) is 24.3 Å². The molecule has 43 heavy (non-hydrogen) atoms. The Morgan fingerprint density at radius 2 is 1.70 bits per heavy atom. The van der Waals surface area contributed by atoms with E-state index in [4.69, 9.17) is 42.5 Å². The average Bonchev–Trinajstić information content (AvgIpc) is 3.48. The second-order valence-electron chi connectivity index (χ2n) is 10.3. The number of amides is 2. The van der Waals surface area contributed by atoms with Gasteiger partial charge >= 0.3 is 0 Å². The molecule has 9 nitrogen and oxygen atoms in total. The summed E-state index contributed by atoms with van der Waals surface area (Å²) >= 11 is 13.0. The van der Waals surface area contributed by atoms with Crippen LogP contribution in [0.4, 0.5) is 0 Å². The van der Waals surface area contributed by atoms with Crippen molar-refractivity contribution in [2.75, 3.05) is 60.2 Å². The van der Waals surface area contributed by atoms with Crippen LogP contribution in [0.25, 0.3) is 0 Å². The molecule has 0 saturated carbocycles. The standard InChI is InChI=1S/C32H34Cl2N4O5/c1-41-22-11-12-30(42-2)25(19-22)29-20-28(23-7-3-5-9-26(23)33)35-38(29)31(39)21-37(14-13-36-15-17-43-18-16-36)32(40)24-8-4-6-10-27(24)34/h3-12,19,29H,13-18,20-21H2,1-2H3/t29-/m0/s1. The van der Waals surface area contributed by atoms with Crippen LogP contribution in [0.5, 0.6) is 11.5 Å². The molecule has 2 amide bonds. The van der Waals surface area contributed by atoms with Crippen LogP contribution >= 0.6 is 23.2 Å². The number of methoxy groups -OCH3 is 2. The van der Waals surface area contributed by atoms with Crippen LogP contribution in [-0.4, -0.2) is 92.5 Å². The molecular weight excluding hydrogens is 591 g/mol. The third kappa shape index (κ3) is 7.13. The normalized spacial score (nSPS) is 17.0. The number of ether oxygens (including phenoxy) is 3. The van der Waals surface area contributed by atoms with Crippen molar-refractivity contribution in [3.05, 3.63) is 93.5 Å². The molecule has 0 unspecified atom stereocenters. The molecule has 0 N–H and O–H groups in total. The first-order valence-electron chi connectivity index (χ1n) is 14.1. The summed E-state index contributed by atoms with van der Waals surface area (Å²) in [5.74, 6) is 0.544. The first-order chi connectivity index (χ1) is 20.9. The van der Waals surface area contributed by atoms with E-state index in [2.05, 4.69) is 4.90 Å². The van der Waals surface area contributed by atoms with Crippen LogP contribution in [0.2, 0.25) is 10.0 Å². The molecule has 0 radical (unpaired) electrons. The number of carbonyl (C=O) groups is 2. The van der Waals surface area contributed by atoms with Crippen molar-refractivity contribution in [3.8, 4) is 11.5 Å². The lowest BCUT2D eigenvalue weighted by Crippen LogP contribution is -2.46. The van der Waals surface area contributed by atoms with Crippen molar-refractivity contribution >= 4 is 40.7 Å². The lowest BCUT2D eigenvalue weighted by Gasteiger charge is -2.31. The fourth-order valence-corrected chi connectivity index (χ4v) is 5.78. The first kappa shape index (κ1) is 30.8.